The molecule has 3 rings (SSSR count). The van der Waals surface area contributed by atoms with E-state index in [1.54, 1.807) is 55.6 Å². The minimum absolute atomic E-state index is 0.261. The van der Waals surface area contributed by atoms with E-state index in [1.165, 1.54) is 48.1 Å². The summed E-state index contributed by atoms with van der Waals surface area (Å²) in [5, 5.41) is 3.80. The Morgan fingerprint density at radius 1 is 0.923 bits per heavy atom. The van der Waals surface area contributed by atoms with Crippen molar-refractivity contribution in [3.8, 4) is 5.75 Å². The summed E-state index contributed by atoms with van der Waals surface area (Å²) >= 11 is 0. The van der Waals surface area contributed by atoms with Gasteiger partial charge in [0.2, 0.25) is 11.8 Å². The van der Waals surface area contributed by atoms with Gasteiger partial charge in [-0.05, 0) is 48.9 Å². The molecule has 3 N–H and O–H groups in total. The summed E-state index contributed by atoms with van der Waals surface area (Å²) in [6, 6.07) is 20.8. The lowest BCUT2D eigenvalue weighted by Gasteiger charge is -2.26. The van der Waals surface area contributed by atoms with Crippen LogP contribution in [-0.4, -0.2) is 58.1 Å². The molecule has 3 aromatic carbocycles. The van der Waals surface area contributed by atoms with Crippen LogP contribution in [0.3, 0.4) is 0 Å². The first-order valence-corrected chi connectivity index (χ1v) is 13.4. The maximum Gasteiger partial charge on any atom is 0.319 e. The third-order valence-corrected chi connectivity index (χ3v) is 7.10. The number of rotatable bonds is 10. The molecule has 4 amide bonds. The molecule has 0 aliphatic carbocycles. The zero-order chi connectivity index (χ0) is 28.6. The molecule has 1 unspecified atom stereocenters. The number of nitrogens with zero attached hydrogens (tertiary/aromatic N) is 2. The summed E-state index contributed by atoms with van der Waals surface area (Å²) in [5.41, 5.74) is 1.60. The van der Waals surface area contributed by atoms with Crippen LogP contribution in [0.5, 0.6) is 5.75 Å². The zero-order valence-corrected chi connectivity index (χ0v) is 22.5. The molecule has 0 bridgehead atoms. The van der Waals surface area contributed by atoms with Gasteiger partial charge in [0.1, 0.15) is 17.5 Å². The first kappa shape index (κ1) is 29.1. The van der Waals surface area contributed by atoms with Crippen LogP contribution in [0, 0.1) is 0 Å². The molecule has 0 aliphatic heterocycles. The Kier molecular flexibility index (Phi) is 9.63. The second kappa shape index (κ2) is 12.9. The van der Waals surface area contributed by atoms with Gasteiger partial charge in [-0.25, -0.2) is 4.79 Å². The van der Waals surface area contributed by atoms with Crippen molar-refractivity contribution in [1.82, 2.24) is 5.32 Å². The van der Waals surface area contributed by atoms with Crippen molar-refractivity contribution in [2.45, 2.75) is 12.2 Å². The molecule has 0 spiro atoms. The highest BCUT2D eigenvalue weighted by Gasteiger charge is 2.23. The van der Waals surface area contributed by atoms with Gasteiger partial charge >= 0.3 is 6.03 Å². The van der Waals surface area contributed by atoms with Crippen LogP contribution >= 0.6 is 0 Å². The van der Waals surface area contributed by atoms with E-state index in [-0.39, 0.29) is 23.7 Å². The van der Waals surface area contributed by atoms with Crippen LogP contribution < -0.4 is 25.2 Å². The van der Waals surface area contributed by atoms with E-state index in [0.29, 0.717) is 17.1 Å². The molecule has 0 heterocycles. The van der Waals surface area contributed by atoms with Gasteiger partial charge in [-0.3, -0.25) is 14.1 Å². The summed E-state index contributed by atoms with van der Waals surface area (Å²) < 4.78 is 37.4. The summed E-state index contributed by atoms with van der Waals surface area (Å²) in [6.45, 7) is 0.583. The molecule has 1 atom stereocenters. The van der Waals surface area contributed by atoms with Crippen LogP contribution in [0.2, 0.25) is 0 Å². The van der Waals surface area contributed by atoms with Crippen molar-refractivity contribution in [3.63, 3.8) is 0 Å². The molecule has 0 aromatic heterocycles. The van der Waals surface area contributed by atoms with Gasteiger partial charge in [-0.15, -0.1) is 0 Å². The van der Waals surface area contributed by atoms with E-state index in [0.717, 1.165) is 0 Å². The zero-order valence-electron chi connectivity index (χ0n) is 21.7. The number of methoxy groups -OCH3 is 1. The van der Waals surface area contributed by atoms with Gasteiger partial charge in [-0.2, -0.15) is 8.42 Å². The SMILES string of the molecule is COc1cccc(N(CC(=O)N(C)c2ccccc2)C(=O)CNC(=O)Nc2cccc(C(C)S(=O)(=O)O)c2)c1. The van der Waals surface area contributed by atoms with E-state index in [4.69, 9.17) is 4.74 Å². The molecule has 3 aromatic rings. The summed E-state index contributed by atoms with van der Waals surface area (Å²) in [5.74, 6) is -0.424. The summed E-state index contributed by atoms with van der Waals surface area (Å²) in [6.07, 6.45) is 0. The molecule has 11 nitrogen and oxygen atoms in total. The van der Waals surface area contributed by atoms with Gasteiger partial charge in [-0.1, -0.05) is 36.4 Å². The Labute approximate surface area is 227 Å². The van der Waals surface area contributed by atoms with E-state index in [1.807, 2.05) is 6.07 Å². The molecule has 0 aliphatic rings. The van der Waals surface area contributed by atoms with Crippen LogP contribution in [0.1, 0.15) is 17.7 Å². The normalized spacial score (nSPS) is 11.7. The number of hydrogen-bond acceptors (Lipinski definition) is 6. The fraction of sp³-hybridized carbons (Fsp3) is 0.222. The highest BCUT2D eigenvalue weighted by Crippen LogP contribution is 2.24. The highest BCUT2D eigenvalue weighted by molar-refractivity contribution is 7.86. The van der Waals surface area contributed by atoms with Crippen molar-refractivity contribution in [2.24, 2.45) is 0 Å². The quantitative estimate of drug-likeness (QED) is 0.325. The number of anilines is 3. The van der Waals surface area contributed by atoms with Gasteiger partial charge < -0.3 is 25.2 Å². The van der Waals surface area contributed by atoms with Crippen molar-refractivity contribution in [1.29, 1.82) is 0 Å². The predicted molar refractivity (Wildman–Crippen MR) is 149 cm³/mol. The van der Waals surface area contributed by atoms with Crippen LogP contribution in [0.4, 0.5) is 21.9 Å². The van der Waals surface area contributed by atoms with E-state index in [2.05, 4.69) is 10.6 Å². The number of likely N-dealkylation sites (N-methyl/N-ethyl adjacent to an activating group) is 1. The lowest BCUT2D eigenvalue weighted by molar-refractivity contribution is -0.121. The predicted octanol–water partition coefficient (Wildman–Crippen LogP) is 3.46. The average Bonchev–Trinajstić information content (AvgIpc) is 2.93. The van der Waals surface area contributed by atoms with Gasteiger partial charge in [0.05, 0.1) is 13.7 Å². The largest absolute Gasteiger partial charge is 0.497 e. The van der Waals surface area contributed by atoms with E-state index < -0.39 is 33.9 Å². The molecular formula is C27H30N4O7S. The monoisotopic (exact) mass is 554 g/mol. The van der Waals surface area contributed by atoms with Gasteiger partial charge in [0, 0.05) is 30.2 Å². The second-order valence-electron chi connectivity index (χ2n) is 8.56. The number of nitrogens with one attached hydrogen (secondary N) is 2. The Hall–Kier alpha value is -4.42. The number of carbonyl (C=O) groups excluding carboxylic acids is 3. The number of urea groups is 1. The maximum absolute atomic E-state index is 13.2. The number of hydrogen-bond donors (Lipinski definition) is 3. The molecular weight excluding hydrogens is 524 g/mol. The average molecular weight is 555 g/mol. The second-order valence-corrected chi connectivity index (χ2v) is 10.3. The van der Waals surface area contributed by atoms with Crippen LogP contribution in [-0.2, 0) is 19.7 Å². The molecule has 0 radical (unpaired) electrons. The minimum atomic E-state index is -4.32. The van der Waals surface area contributed by atoms with Crippen molar-refractivity contribution in [2.75, 3.05) is 42.4 Å². The summed E-state index contributed by atoms with van der Waals surface area (Å²) in [7, 11) is -1.23. The van der Waals surface area contributed by atoms with Crippen molar-refractivity contribution < 1.29 is 32.1 Å². The number of amides is 4. The van der Waals surface area contributed by atoms with Crippen molar-refractivity contribution in [3.05, 3.63) is 84.4 Å². The number of carbonyl (C=O) groups is 3. The van der Waals surface area contributed by atoms with Gasteiger partial charge in [0.15, 0.2) is 0 Å². The van der Waals surface area contributed by atoms with Gasteiger partial charge in [0.25, 0.3) is 10.1 Å². The standard InChI is InChI=1S/C27H30N4O7S/c1-19(39(35,36)37)20-9-7-10-21(15-20)29-27(34)28-17-25(32)31(23-13-8-14-24(16-23)38-3)18-26(33)30(2)22-11-5-4-6-12-22/h4-16,19H,17-18H2,1-3H3,(H2,28,29,34)(H,35,36,37). The Morgan fingerprint density at radius 3 is 2.26 bits per heavy atom. The number of ether oxygens (including phenoxy) is 1. The first-order chi connectivity index (χ1) is 18.5. The van der Waals surface area contributed by atoms with E-state index in [9.17, 15) is 27.4 Å². The maximum atomic E-state index is 13.2. The smallest absolute Gasteiger partial charge is 0.319 e. The fourth-order valence-electron chi connectivity index (χ4n) is 3.61. The minimum Gasteiger partial charge on any atom is -0.497 e. The van der Waals surface area contributed by atoms with Crippen LogP contribution in [0.25, 0.3) is 0 Å². The fourth-order valence-corrected chi connectivity index (χ4v) is 4.10. The topological polar surface area (TPSA) is 145 Å². The Bertz CT molecular complexity index is 1430. The Morgan fingerprint density at radius 2 is 1.59 bits per heavy atom. The molecule has 0 fully saturated rings. The third kappa shape index (κ3) is 8.03. The summed E-state index contributed by atoms with van der Waals surface area (Å²) in [4.78, 5) is 41.5. The molecule has 206 valence electrons. The van der Waals surface area contributed by atoms with Crippen LogP contribution in [0.15, 0.2) is 78.9 Å². The van der Waals surface area contributed by atoms with E-state index >= 15 is 0 Å². The first-order valence-electron chi connectivity index (χ1n) is 11.9. The highest BCUT2D eigenvalue weighted by atomic mass is 32.2. The lowest BCUT2D eigenvalue weighted by Crippen LogP contribution is -2.46. The lowest BCUT2D eigenvalue weighted by atomic mass is 10.1. The molecule has 12 heteroatoms. The Balaban J connectivity index is 1.72. The third-order valence-electron chi connectivity index (χ3n) is 5.94. The van der Waals surface area contributed by atoms with Crippen molar-refractivity contribution >= 4 is 45.0 Å². The molecule has 39 heavy (non-hydrogen) atoms. The molecule has 0 saturated carbocycles. The number of benzene rings is 3. The molecule has 0 saturated heterocycles. The number of para-hydroxylation sites is 1.